The van der Waals surface area contributed by atoms with Gasteiger partial charge >= 0.3 is 0 Å². The highest BCUT2D eigenvalue weighted by Gasteiger charge is 2.28. The van der Waals surface area contributed by atoms with E-state index in [1.165, 1.54) is 18.2 Å². The number of fused-ring (bicyclic) bond motifs is 10. The van der Waals surface area contributed by atoms with Crippen LogP contribution in [-0.2, 0) is 35.3 Å². The Hall–Kier alpha value is -7.55. The van der Waals surface area contributed by atoms with Gasteiger partial charge in [-0.1, -0.05) is 97.9 Å². The summed E-state index contributed by atoms with van der Waals surface area (Å²) in [5.41, 5.74) is 14.2. The van der Waals surface area contributed by atoms with Crippen molar-refractivity contribution in [1.82, 2.24) is 26.5 Å². The fraction of sp³-hybridized carbons (Fsp3) is 0.426. The molecule has 1 aliphatic carbocycles. The third-order valence-electron chi connectivity index (χ3n) is 12.9. The summed E-state index contributed by atoms with van der Waals surface area (Å²) in [5.74, 6) is 0.711. The number of carbonyl (C=O) groups excluding carboxylic acids is 4. The van der Waals surface area contributed by atoms with Crippen molar-refractivity contribution in [2.45, 2.75) is 132 Å². The molecule has 2 unspecified atom stereocenters. The molecule has 4 aromatic carbocycles. The minimum atomic E-state index is -0.997. The molecule has 0 saturated heterocycles. The van der Waals surface area contributed by atoms with Crippen molar-refractivity contribution in [3.05, 3.63) is 146 Å². The summed E-state index contributed by atoms with van der Waals surface area (Å²) in [7, 11) is 0. The molecule has 3 aliphatic rings. The van der Waals surface area contributed by atoms with Gasteiger partial charge in [0.05, 0.1) is 38.9 Å². The summed E-state index contributed by atoms with van der Waals surface area (Å²) in [6.45, 7) is 18.1. The van der Waals surface area contributed by atoms with Crippen LogP contribution in [-0.4, -0.2) is 79.6 Å². The molecular formula is C61H75N7O8. The van der Waals surface area contributed by atoms with Crippen LogP contribution in [0.15, 0.2) is 89.1 Å². The van der Waals surface area contributed by atoms with E-state index in [0.717, 1.165) is 104 Å². The molecule has 76 heavy (non-hydrogen) atoms. The van der Waals surface area contributed by atoms with Crippen LogP contribution in [0, 0.1) is 11.8 Å². The number of amides is 4. The molecule has 0 spiro atoms. The molecule has 15 nitrogen and oxygen atoms in total. The molecule has 1 aromatic heterocycles. The van der Waals surface area contributed by atoms with Gasteiger partial charge in [0.25, 0.3) is 23.6 Å². The molecule has 0 radical (unpaired) electrons. The van der Waals surface area contributed by atoms with Crippen molar-refractivity contribution >= 4 is 36.1 Å². The average Bonchev–Trinajstić information content (AvgIpc) is 3.39. The Morgan fingerprint density at radius 2 is 0.763 bits per heavy atom. The van der Waals surface area contributed by atoms with Crippen molar-refractivity contribution in [3.63, 3.8) is 0 Å². The summed E-state index contributed by atoms with van der Waals surface area (Å²) in [5, 5.41) is 14.6. The lowest BCUT2D eigenvalue weighted by Gasteiger charge is -2.23. The van der Waals surface area contributed by atoms with E-state index in [2.05, 4.69) is 101 Å². The highest BCUT2D eigenvalue weighted by Crippen LogP contribution is 2.40. The Morgan fingerprint density at radius 1 is 0.461 bits per heavy atom. The first-order valence-electron chi connectivity index (χ1n) is 27.1. The van der Waals surface area contributed by atoms with Gasteiger partial charge in [-0.05, 0) is 142 Å². The highest BCUT2D eigenvalue weighted by atomic mass is 16.5. The fourth-order valence-electron chi connectivity index (χ4n) is 9.50. The Kier molecular flexibility index (Phi) is 20.2. The van der Waals surface area contributed by atoms with Crippen LogP contribution in [0.2, 0.25) is 0 Å². The standard InChI is InChI=1S/C61H75N7O8/c1-9-22-73-54-42-16-13-17-43(54)33-47-29-41-31-49(57(47)76-25-12-4)35-45-19-14-18-44(55(45)74-23-10-2)34-48-30-40(28-46(32-42)56(48)75-24-11-3)36-62-67-60(71)52(26-38(5)6)65-58(69)50-20-15-21-51(64-50)59(70)66-53(27-39(7)8)61(72)68-63-37-41/h13-21,28-31,36-39,52-53H,9-12,22-27,32-35H2,1-8H3,(H,65,69)(H,66,70)(H,67,71)(H,68,72)/b62-36+,63-37+. The molecular weight excluding hydrogens is 959 g/mol. The van der Waals surface area contributed by atoms with Gasteiger partial charge < -0.3 is 29.6 Å². The molecule has 4 N–H and O–H groups in total. The largest absolute Gasteiger partial charge is 0.493 e. The number of aromatic nitrogens is 1. The number of rotatable bonds is 16. The monoisotopic (exact) mass is 1030 g/mol. The SMILES string of the molecule is CCCOc1c2cccc1Cc1cc3cc(c1OCCC)Cc1cccc(c1OCCC)Cc1cc(cc(c1OCCC)C2)/C=N/NC(=O)C(CC(C)C)NC(=O)c1cccc(n1)C(=O)NC(CC(C)C)C(=O)N/N=C/3. The second-order valence-corrected chi connectivity index (χ2v) is 20.4. The van der Waals surface area contributed by atoms with Crippen molar-refractivity contribution in [1.29, 1.82) is 0 Å². The van der Waals surface area contributed by atoms with Crippen molar-refractivity contribution in [2.24, 2.45) is 22.0 Å². The van der Waals surface area contributed by atoms with E-state index >= 15 is 0 Å². The zero-order valence-electron chi connectivity index (χ0n) is 45.5. The van der Waals surface area contributed by atoms with Crippen LogP contribution < -0.4 is 40.4 Å². The molecule has 4 amide bonds. The number of nitrogens with zero attached hydrogens (tertiary/aromatic N) is 3. The Bertz CT molecular complexity index is 2630. The molecule has 3 heterocycles. The van der Waals surface area contributed by atoms with Crippen molar-refractivity contribution in [2.75, 3.05) is 26.4 Å². The topological polar surface area (TPSA) is 191 Å². The quantitative estimate of drug-likeness (QED) is 0.0731. The molecule has 2 aliphatic heterocycles. The maximum Gasteiger partial charge on any atom is 0.270 e. The lowest BCUT2D eigenvalue weighted by molar-refractivity contribution is -0.124. The van der Waals surface area contributed by atoms with E-state index in [-0.39, 0.29) is 23.2 Å². The molecule has 15 heteroatoms. The van der Waals surface area contributed by atoms with Crippen LogP contribution in [0.25, 0.3) is 0 Å². The lowest BCUT2D eigenvalue weighted by Crippen LogP contribution is -2.47. The number of benzene rings is 4. The smallest absolute Gasteiger partial charge is 0.270 e. The van der Waals surface area contributed by atoms with Gasteiger partial charge in [0.15, 0.2) is 0 Å². The number of hydrogen-bond donors (Lipinski definition) is 4. The number of hydrogen-bond acceptors (Lipinski definition) is 11. The molecule has 8 rings (SSSR count). The number of ether oxygens (including phenoxy) is 4. The zero-order valence-corrected chi connectivity index (χ0v) is 45.5. The third-order valence-corrected chi connectivity index (χ3v) is 12.9. The number of nitrogens with one attached hydrogen (secondary N) is 4. The fourth-order valence-corrected chi connectivity index (χ4v) is 9.50. The molecule has 2 atom stereocenters. The number of pyridine rings is 1. The number of hydrazone groups is 2. The zero-order chi connectivity index (χ0) is 54.1. The Labute approximate surface area is 448 Å². The first kappa shape index (κ1) is 56.2. The van der Waals surface area contributed by atoms with Crippen LogP contribution in [0.5, 0.6) is 23.0 Å². The minimum absolute atomic E-state index is 0.00923. The highest BCUT2D eigenvalue weighted by molar-refractivity contribution is 5.99. The Morgan fingerprint density at radius 3 is 1.07 bits per heavy atom. The van der Waals surface area contributed by atoms with Crippen LogP contribution >= 0.6 is 0 Å². The van der Waals surface area contributed by atoms with Gasteiger partial charge in [-0.3, -0.25) is 19.2 Å². The molecule has 5 aromatic rings. The van der Waals surface area contributed by atoms with E-state index in [1.807, 2.05) is 52.0 Å². The maximum atomic E-state index is 14.0. The molecule has 0 fully saturated rings. The van der Waals surface area contributed by atoms with E-state index in [0.29, 0.717) is 65.0 Å². The summed E-state index contributed by atoms with van der Waals surface area (Å²) in [4.78, 5) is 60.1. The van der Waals surface area contributed by atoms with Gasteiger partial charge in [0.2, 0.25) is 0 Å². The molecule has 12 bridgehead atoms. The normalized spacial score (nSPS) is 16.9. The van der Waals surface area contributed by atoms with Gasteiger partial charge in [-0.25, -0.2) is 15.8 Å². The summed E-state index contributed by atoms with van der Waals surface area (Å²) < 4.78 is 27.0. The average molecular weight is 1030 g/mol. The van der Waals surface area contributed by atoms with E-state index in [4.69, 9.17) is 18.9 Å². The summed E-state index contributed by atoms with van der Waals surface area (Å²) >= 11 is 0. The lowest BCUT2D eigenvalue weighted by atomic mass is 9.90. The summed E-state index contributed by atoms with van der Waals surface area (Å²) in [6.07, 6.45) is 8.76. The summed E-state index contributed by atoms with van der Waals surface area (Å²) in [6, 6.07) is 23.1. The van der Waals surface area contributed by atoms with Gasteiger partial charge in [-0.15, -0.1) is 0 Å². The van der Waals surface area contributed by atoms with Gasteiger partial charge in [0.1, 0.15) is 46.5 Å². The first-order valence-corrected chi connectivity index (χ1v) is 27.1. The predicted molar refractivity (Wildman–Crippen MR) is 297 cm³/mol. The second-order valence-electron chi connectivity index (χ2n) is 20.4. The third kappa shape index (κ3) is 14.9. The van der Waals surface area contributed by atoms with Crippen LogP contribution in [0.4, 0.5) is 0 Å². The van der Waals surface area contributed by atoms with Crippen LogP contribution in [0.3, 0.4) is 0 Å². The molecule has 402 valence electrons. The Balaban J connectivity index is 1.48. The van der Waals surface area contributed by atoms with E-state index < -0.39 is 35.7 Å². The van der Waals surface area contributed by atoms with Crippen molar-refractivity contribution in [3.8, 4) is 23.0 Å². The molecule has 0 saturated carbocycles. The van der Waals surface area contributed by atoms with Gasteiger partial charge in [-0.2, -0.15) is 10.2 Å². The maximum absolute atomic E-state index is 14.0. The van der Waals surface area contributed by atoms with Crippen LogP contribution in [0.1, 0.15) is 171 Å². The number of para-hydroxylation sites is 2. The minimum Gasteiger partial charge on any atom is -0.493 e. The van der Waals surface area contributed by atoms with Crippen molar-refractivity contribution < 1.29 is 38.1 Å². The van der Waals surface area contributed by atoms with E-state index in [1.54, 1.807) is 12.4 Å². The van der Waals surface area contributed by atoms with E-state index in [9.17, 15) is 19.2 Å². The van der Waals surface area contributed by atoms with Gasteiger partial charge in [0, 0.05) is 25.7 Å². The number of carbonyl (C=O) groups is 4. The predicted octanol–water partition coefficient (Wildman–Crippen LogP) is 9.82. The second kappa shape index (κ2) is 27.3. The first-order chi connectivity index (χ1) is 36.8.